The number of anilines is 1. The van der Waals surface area contributed by atoms with Crippen LogP contribution in [0.5, 0.6) is 0 Å². The zero-order valence-electron chi connectivity index (χ0n) is 16.1. The molecule has 2 aromatic rings. The van der Waals surface area contributed by atoms with E-state index in [2.05, 4.69) is 10.6 Å². The molecule has 162 valence electrons. The average Bonchev–Trinajstić information content (AvgIpc) is 2.92. The SMILES string of the molecule is O=C(CN1C(=O)NC2(CCc3ccccc3C2)C1=O)Nc1ccc(Cl)cc1C(F)(F)F. The number of hydrogen-bond acceptors (Lipinski definition) is 3. The fraction of sp³-hybridized carbons (Fsp3) is 0.286. The van der Waals surface area contributed by atoms with Gasteiger partial charge in [0.15, 0.2) is 0 Å². The van der Waals surface area contributed by atoms with Crippen molar-refractivity contribution in [3.63, 3.8) is 0 Å². The highest BCUT2D eigenvalue weighted by Crippen LogP contribution is 2.37. The molecule has 1 unspecified atom stereocenters. The van der Waals surface area contributed by atoms with Crippen molar-refractivity contribution < 1.29 is 27.6 Å². The molecule has 1 heterocycles. The summed E-state index contributed by atoms with van der Waals surface area (Å²) in [7, 11) is 0. The molecule has 2 aliphatic rings. The fourth-order valence-corrected chi connectivity index (χ4v) is 4.21. The summed E-state index contributed by atoms with van der Waals surface area (Å²) in [5.41, 5.74) is -0.747. The van der Waals surface area contributed by atoms with E-state index in [-0.39, 0.29) is 5.02 Å². The molecular formula is C21H17ClF3N3O3. The molecule has 4 amide bonds. The molecule has 1 fully saturated rings. The Morgan fingerprint density at radius 3 is 2.58 bits per heavy atom. The van der Waals surface area contributed by atoms with E-state index in [1.807, 2.05) is 24.3 Å². The predicted octanol–water partition coefficient (Wildman–Crippen LogP) is 3.78. The van der Waals surface area contributed by atoms with Gasteiger partial charge in [-0.1, -0.05) is 35.9 Å². The Morgan fingerprint density at radius 1 is 1.16 bits per heavy atom. The lowest BCUT2D eigenvalue weighted by Crippen LogP contribution is -2.51. The van der Waals surface area contributed by atoms with E-state index in [9.17, 15) is 27.6 Å². The number of nitrogens with one attached hydrogen (secondary N) is 2. The van der Waals surface area contributed by atoms with Crippen LogP contribution in [0.25, 0.3) is 0 Å². The van der Waals surface area contributed by atoms with Crippen molar-refractivity contribution in [1.82, 2.24) is 10.2 Å². The van der Waals surface area contributed by atoms with E-state index in [4.69, 9.17) is 11.6 Å². The minimum Gasteiger partial charge on any atom is -0.324 e. The van der Waals surface area contributed by atoms with Crippen LogP contribution < -0.4 is 10.6 Å². The predicted molar refractivity (Wildman–Crippen MR) is 107 cm³/mol. The molecule has 1 atom stereocenters. The molecule has 1 aliphatic heterocycles. The summed E-state index contributed by atoms with van der Waals surface area (Å²) < 4.78 is 39.7. The molecule has 1 spiro atoms. The number of rotatable bonds is 3. The van der Waals surface area contributed by atoms with E-state index < -0.39 is 47.4 Å². The molecule has 6 nitrogen and oxygen atoms in total. The van der Waals surface area contributed by atoms with Crippen LogP contribution in [0, 0.1) is 0 Å². The minimum absolute atomic E-state index is 0.140. The number of carbonyl (C=O) groups is 3. The van der Waals surface area contributed by atoms with Gasteiger partial charge in [0.1, 0.15) is 12.1 Å². The summed E-state index contributed by atoms with van der Waals surface area (Å²) in [4.78, 5) is 38.6. The van der Waals surface area contributed by atoms with Crippen molar-refractivity contribution in [2.75, 3.05) is 11.9 Å². The van der Waals surface area contributed by atoms with Gasteiger partial charge in [0.2, 0.25) is 5.91 Å². The number of amides is 4. The zero-order chi connectivity index (χ0) is 22.4. The number of hydrogen-bond donors (Lipinski definition) is 2. The lowest BCUT2D eigenvalue weighted by atomic mass is 9.78. The quantitative estimate of drug-likeness (QED) is 0.697. The van der Waals surface area contributed by atoms with Gasteiger partial charge in [-0.25, -0.2) is 4.79 Å². The number of alkyl halides is 3. The molecule has 1 aliphatic carbocycles. The Morgan fingerprint density at radius 2 is 1.87 bits per heavy atom. The summed E-state index contributed by atoms with van der Waals surface area (Å²) in [6.07, 6.45) is -3.49. The molecule has 2 aromatic carbocycles. The number of carbonyl (C=O) groups excluding carboxylic acids is 3. The highest BCUT2D eigenvalue weighted by molar-refractivity contribution is 6.30. The first-order valence-electron chi connectivity index (χ1n) is 9.46. The van der Waals surface area contributed by atoms with Crippen molar-refractivity contribution in [2.24, 2.45) is 0 Å². The normalized spacial score (nSPS) is 20.6. The van der Waals surface area contributed by atoms with E-state index in [1.54, 1.807) is 0 Å². The number of fused-ring (bicyclic) bond motifs is 1. The third-order valence-electron chi connectivity index (χ3n) is 5.54. The molecule has 1 saturated heterocycles. The van der Waals surface area contributed by atoms with Gasteiger partial charge >= 0.3 is 12.2 Å². The first-order chi connectivity index (χ1) is 14.6. The smallest absolute Gasteiger partial charge is 0.324 e. The summed E-state index contributed by atoms with van der Waals surface area (Å²) in [5.74, 6) is -1.49. The van der Waals surface area contributed by atoms with Crippen LogP contribution in [0.1, 0.15) is 23.1 Å². The lowest BCUT2D eigenvalue weighted by Gasteiger charge is -2.32. The van der Waals surface area contributed by atoms with Crippen molar-refractivity contribution in [1.29, 1.82) is 0 Å². The monoisotopic (exact) mass is 451 g/mol. The van der Waals surface area contributed by atoms with Crippen LogP contribution in [0.15, 0.2) is 42.5 Å². The van der Waals surface area contributed by atoms with Gasteiger partial charge in [-0.15, -0.1) is 0 Å². The lowest BCUT2D eigenvalue weighted by molar-refractivity contribution is -0.137. The minimum atomic E-state index is -4.74. The van der Waals surface area contributed by atoms with Gasteiger partial charge in [0, 0.05) is 11.4 Å². The van der Waals surface area contributed by atoms with Gasteiger partial charge in [-0.3, -0.25) is 14.5 Å². The van der Waals surface area contributed by atoms with Crippen molar-refractivity contribution in [2.45, 2.75) is 31.0 Å². The van der Waals surface area contributed by atoms with E-state index in [0.29, 0.717) is 25.3 Å². The molecule has 10 heteroatoms. The van der Waals surface area contributed by atoms with Gasteiger partial charge in [0.25, 0.3) is 5.91 Å². The van der Waals surface area contributed by atoms with Gasteiger partial charge < -0.3 is 10.6 Å². The van der Waals surface area contributed by atoms with Crippen LogP contribution in [-0.4, -0.2) is 34.8 Å². The summed E-state index contributed by atoms with van der Waals surface area (Å²) in [5, 5.41) is 4.67. The molecule has 0 aromatic heterocycles. The van der Waals surface area contributed by atoms with E-state index in [1.165, 1.54) is 6.07 Å². The molecule has 0 bridgehead atoms. The molecule has 0 radical (unpaired) electrons. The van der Waals surface area contributed by atoms with Gasteiger partial charge in [-0.2, -0.15) is 13.2 Å². The fourth-order valence-electron chi connectivity index (χ4n) is 4.04. The van der Waals surface area contributed by atoms with Crippen LogP contribution in [0.4, 0.5) is 23.7 Å². The Hall–Kier alpha value is -3.07. The van der Waals surface area contributed by atoms with Crippen molar-refractivity contribution in [3.05, 3.63) is 64.2 Å². The molecule has 4 rings (SSSR count). The first-order valence-corrected chi connectivity index (χ1v) is 9.84. The maximum absolute atomic E-state index is 13.2. The number of imide groups is 1. The molecule has 31 heavy (non-hydrogen) atoms. The van der Waals surface area contributed by atoms with Crippen molar-refractivity contribution in [3.8, 4) is 0 Å². The third-order valence-corrected chi connectivity index (χ3v) is 5.78. The second-order valence-electron chi connectivity index (χ2n) is 7.58. The number of nitrogens with zero attached hydrogens (tertiary/aromatic N) is 1. The topological polar surface area (TPSA) is 78.5 Å². The largest absolute Gasteiger partial charge is 0.418 e. The maximum atomic E-state index is 13.2. The van der Waals surface area contributed by atoms with Gasteiger partial charge in [-0.05, 0) is 42.2 Å². The molecule has 2 N–H and O–H groups in total. The van der Waals surface area contributed by atoms with Crippen LogP contribution >= 0.6 is 11.6 Å². The Labute approximate surface area is 180 Å². The van der Waals surface area contributed by atoms with Crippen molar-refractivity contribution >= 4 is 35.1 Å². The standard InChI is InChI=1S/C21H17ClF3N3O3/c22-14-5-6-16(15(9-14)21(23,24)25)26-17(29)11-28-18(30)20(27-19(28)31)8-7-12-3-1-2-4-13(12)10-20/h1-6,9H,7-8,10-11H2,(H,26,29)(H,27,31). The van der Waals surface area contributed by atoms with Gasteiger partial charge in [0.05, 0.1) is 11.3 Å². The molecular weight excluding hydrogens is 435 g/mol. The summed E-state index contributed by atoms with van der Waals surface area (Å²) >= 11 is 5.64. The number of halogens is 4. The van der Waals surface area contributed by atoms with Crippen LogP contribution in [-0.2, 0) is 28.6 Å². The number of aryl methyl sites for hydroxylation is 1. The highest BCUT2D eigenvalue weighted by atomic mass is 35.5. The third kappa shape index (κ3) is 3.97. The van der Waals surface area contributed by atoms with E-state index in [0.717, 1.165) is 22.1 Å². The molecule has 0 saturated carbocycles. The first kappa shape index (κ1) is 21.2. The highest BCUT2D eigenvalue weighted by Gasteiger charge is 2.52. The summed E-state index contributed by atoms with van der Waals surface area (Å²) in [6, 6.07) is 9.75. The second kappa shape index (κ2) is 7.56. The Kier molecular flexibility index (Phi) is 5.17. The summed E-state index contributed by atoms with van der Waals surface area (Å²) in [6.45, 7) is -0.700. The maximum Gasteiger partial charge on any atom is 0.418 e. The van der Waals surface area contributed by atoms with Crippen LogP contribution in [0.3, 0.4) is 0 Å². The van der Waals surface area contributed by atoms with Crippen LogP contribution in [0.2, 0.25) is 5.02 Å². The van der Waals surface area contributed by atoms with E-state index >= 15 is 0 Å². The number of benzene rings is 2. The Bertz CT molecular complexity index is 1090. The number of urea groups is 1. The second-order valence-corrected chi connectivity index (χ2v) is 8.02. The average molecular weight is 452 g/mol. The Balaban J connectivity index is 1.50. The zero-order valence-corrected chi connectivity index (χ0v) is 16.8.